The van der Waals surface area contributed by atoms with E-state index in [4.69, 9.17) is 23.2 Å². The molecule has 1 aromatic carbocycles. The third kappa shape index (κ3) is 3.35. The van der Waals surface area contributed by atoms with Crippen LogP contribution in [0.1, 0.15) is 5.56 Å². The summed E-state index contributed by atoms with van der Waals surface area (Å²) in [5.41, 5.74) is 3.78. The Morgan fingerprint density at radius 2 is 2.00 bits per heavy atom. The van der Waals surface area contributed by atoms with Crippen molar-refractivity contribution in [2.24, 2.45) is 0 Å². The van der Waals surface area contributed by atoms with Crippen LogP contribution in [0.4, 0.5) is 10.8 Å². The fraction of sp³-hybridized carbons (Fsp3) is 0.0667. The third-order valence-electron chi connectivity index (χ3n) is 2.95. The molecule has 0 saturated carbocycles. The van der Waals surface area contributed by atoms with Crippen molar-refractivity contribution in [2.45, 2.75) is 6.92 Å². The second-order valence-corrected chi connectivity index (χ2v) is 6.15. The number of halogens is 2. The predicted molar refractivity (Wildman–Crippen MR) is 89.8 cm³/mol. The zero-order chi connectivity index (χ0) is 14.8. The van der Waals surface area contributed by atoms with Crippen molar-refractivity contribution in [1.82, 2.24) is 9.97 Å². The number of rotatable bonds is 3. The Labute approximate surface area is 136 Å². The first-order chi connectivity index (χ1) is 10.1. The maximum atomic E-state index is 6.12. The van der Waals surface area contributed by atoms with E-state index in [9.17, 15) is 0 Å². The Balaban J connectivity index is 1.83. The Bertz CT molecular complexity index is 786. The minimum atomic E-state index is 0.459. The second-order valence-electron chi connectivity index (χ2n) is 4.49. The SMILES string of the molecule is Cc1ccc(Nc2nc(-c3ccnc(Cl)c3)cs2)cc1Cl. The molecule has 3 rings (SSSR count). The molecule has 0 aliphatic rings. The highest BCUT2D eigenvalue weighted by Gasteiger charge is 2.06. The van der Waals surface area contributed by atoms with Crippen LogP contribution < -0.4 is 5.32 Å². The lowest BCUT2D eigenvalue weighted by atomic mass is 10.2. The number of nitrogens with one attached hydrogen (secondary N) is 1. The lowest BCUT2D eigenvalue weighted by molar-refractivity contribution is 1.31. The smallest absolute Gasteiger partial charge is 0.187 e. The van der Waals surface area contributed by atoms with Gasteiger partial charge in [0, 0.05) is 27.9 Å². The summed E-state index contributed by atoms with van der Waals surface area (Å²) >= 11 is 13.5. The number of benzene rings is 1. The Kier molecular flexibility index (Phi) is 4.10. The molecular formula is C15H11Cl2N3S. The monoisotopic (exact) mass is 335 g/mol. The molecule has 3 nitrogen and oxygen atoms in total. The van der Waals surface area contributed by atoms with Crippen LogP contribution in [0.5, 0.6) is 0 Å². The fourth-order valence-electron chi connectivity index (χ4n) is 1.82. The average molecular weight is 336 g/mol. The van der Waals surface area contributed by atoms with Gasteiger partial charge in [-0.2, -0.15) is 0 Å². The first-order valence-corrected chi connectivity index (χ1v) is 7.86. The van der Waals surface area contributed by atoms with Crippen molar-refractivity contribution in [3.05, 3.63) is 57.6 Å². The summed E-state index contributed by atoms with van der Waals surface area (Å²) in [6.45, 7) is 1.97. The van der Waals surface area contributed by atoms with Gasteiger partial charge in [-0.3, -0.25) is 0 Å². The van der Waals surface area contributed by atoms with Gasteiger partial charge in [0.05, 0.1) is 5.69 Å². The van der Waals surface area contributed by atoms with Gasteiger partial charge in [0.25, 0.3) is 0 Å². The van der Waals surface area contributed by atoms with E-state index >= 15 is 0 Å². The number of pyridine rings is 1. The first kappa shape index (κ1) is 14.3. The molecule has 21 heavy (non-hydrogen) atoms. The van der Waals surface area contributed by atoms with Gasteiger partial charge < -0.3 is 5.32 Å². The van der Waals surface area contributed by atoms with Crippen LogP contribution in [0.25, 0.3) is 11.3 Å². The normalized spacial score (nSPS) is 10.6. The summed E-state index contributed by atoms with van der Waals surface area (Å²) in [6.07, 6.45) is 1.67. The number of nitrogens with zero attached hydrogens (tertiary/aromatic N) is 2. The van der Waals surface area contributed by atoms with E-state index in [0.717, 1.165) is 32.7 Å². The van der Waals surface area contributed by atoms with Crippen molar-refractivity contribution in [3.8, 4) is 11.3 Å². The van der Waals surface area contributed by atoms with Crippen LogP contribution in [-0.2, 0) is 0 Å². The zero-order valence-corrected chi connectivity index (χ0v) is 13.4. The molecular weight excluding hydrogens is 325 g/mol. The highest BCUT2D eigenvalue weighted by Crippen LogP contribution is 2.29. The summed E-state index contributed by atoms with van der Waals surface area (Å²) in [4.78, 5) is 8.52. The minimum Gasteiger partial charge on any atom is -0.331 e. The van der Waals surface area contributed by atoms with Crippen molar-refractivity contribution in [3.63, 3.8) is 0 Å². The Hall–Kier alpha value is -1.62. The van der Waals surface area contributed by atoms with Crippen LogP contribution in [0, 0.1) is 6.92 Å². The topological polar surface area (TPSA) is 37.8 Å². The molecule has 106 valence electrons. The van der Waals surface area contributed by atoms with Crippen molar-refractivity contribution < 1.29 is 0 Å². The molecule has 6 heteroatoms. The van der Waals surface area contributed by atoms with Crippen molar-refractivity contribution in [1.29, 1.82) is 0 Å². The lowest BCUT2D eigenvalue weighted by Crippen LogP contribution is -1.90. The molecule has 0 aliphatic carbocycles. The van der Waals surface area contributed by atoms with Crippen LogP contribution in [-0.4, -0.2) is 9.97 Å². The van der Waals surface area contributed by atoms with Gasteiger partial charge in [0.2, 0.25) is 0 Å². The standard InChI is InChI=1S/C15H11Cl2N3S/c1-9-2-3-11(7-12(9)16)19-15-20-13(8-21-15)10-4-5-18-14(17)6-10/h2-8H,1H3,(H,19,20). The largest absolute Gasteiger partial charge is 0.331 e. The van der Waals surface area contributed by atoms with Crippen LogP contribution in [0.2, 0.25) is 10.2 Å². The minimum absolute atomic E-state index is 0.459. The summed E-state index contributed by atoms with van der Waals surface area (Å²) in [5, 5.41) is 7.22. The Morgan fingerprint density at radius 1 is 1.14 bits per heavy atom. The number of aryl methyl sites for hydroxylation is 1. The molecule has 2 aromatic heterocycles. The molecule has 3 aromatic rings. The second kappa shape index (κ2) is 6.02. The van der Waals surface area contributed by atoms with E-state index in [2.05, 4.69) is 15.3 Å². The summed E-state index contributed by atoms with van der Waals surface area (Å²) < 4.78 is 0. The summed E-state index contributed by atoms with van der Waals surface area (Å²) in [5.74, 6) is 0. The predicted octanol–water partition coefficient (Wildman–Crippen LogP) is 5.56. The molecule has 0 saturated heterocycles. The van der Waals surface area contributed by atoms with Crippen molar-refractivity contribution >= 4 is 45.4 Å². The van der Waals surface area contributed by atoms with Crippen LogP contribution >= 0.6 is 34.5 Å². The highest BCUT2D eigenvalue weighted by molar-refractivity contribution is 7.14. The molecule has 0 atom stereocenters. The molecule has 1 N–H and O–H groups in total. The quantitative estimate of drug-likeness (QED) is 0.636. The molecule has 0 unspecified atom stereocenters. The van der Waals surface area contributed by atoms with Crippen LogP contribution in [0.3, 0.4) is 0 Å². The third-order valence-corrected chi connectivity index (χ3v) is 4.32. The molecule has 0 spiro atoms. The number of hydrogen-bond donors (Lipinski definition) is 1. The average Bonchev–Trinajstić information content (AvgIpc) is 2.91. The molecule has 0 radical (unpaired) electrons. The summed E-state index contributed by atoms with van der Waals surface area (Å²) in [7, 11) is 0. The Morgan fingerprint density at radius 3 is 2.76 bits per heavy atom. The van der Waals surface area contributed by atoms with Crippen LogP contribution in [0.15, 0.2) is 41.9 Å². The van der Waals surface area contributed by atoms with Gasteiger partial charge in [0.15, 0.2) is 5.13 Å². The van der Waals surface area contributed by atoms with Gasteiger partial charge in [-0.05, 0) is 36.8 Å². The molecule has 0 fully saturated rings. The van der Waals surface area contributed by atoms with Gasteiger partial charge in [-0.15, -0.1) is 11.3 Å². The fourth-order valence-corrected chi connectivity index (χ4v) is 2.91. The number of hydrogen-bond acceptors (Lipinski definition) is 4. The number of anilines is 2. The van der Waals surface area contributed by atoms with Gasteiger partial charge in [-0.1, -0.05) is 29.3 Å². The lowest BCUT2D eigenvalue weighted by Gasteiger charge is -2.04. The van der Waals surface area contributed by atoms with Gasteiger partial charge in [0.1, 0.15) is 5.15 Å². The van der Waals surface area contributed by atoms with Crippen molar-refractivity contribution in [2.75, 3.05) is 5.32 Å². The van der Waals surface area contributed by atoms with Gasteiger partial charge >= 0.3 is 0 Å². The molecule has 0 aliphatic heterocycles. The summed E-state index contributed by atoms with van der Waals surface area (Å²) in [6, 6.07) is 9.52. The zero-order valence-electron chi connectivity index (χ0n) is 11.1. The maximum absolute atomic E-state index is 6.12. The highest BCUT2D eigenvalue weighted by atomic mass is 35.5. The van der Waals surface area contributed by atoms with Gasteiger partial charge in [-0.25, -0.2) is 9.97 Å². The molecule has 0 amide bonds. The van der Waals surface area contributed by atoms with E-state index in [0.29, 0.717) is 5.15 Å². The number of aromatic nitrogens is 2. The number of thiazole rings is 1. The van der Waals surface area contributed by atoms with E-state index in [-0.39, 0.29) is 0 Å². The van der Waals surface area contributed by atoms with E-state index in [1.165, 1.54) is 11.3 Å². The molecule has 2 heterocycles. The maximum Gasteiger partial charge on any atom is 0.187 e. The van der Waals surface area contributed by atoms with E-state index in [1.54, 1.807) is 12.3 Å². The first-order valence-electron chi connectivity index (χ1n) is 6.22. The molecule has 0 bridgehead atoms. The van der Waals surface area contributed by atoms with E-state index in [1.807, 2.05) is 36.6 Å². The van der Waals surface area contributed by atoms with E-state index < -0.39 is 0 Å².